The molecule has 0 radical (unpaired) electrons. The Hall–Kier alpha value is -7.26. The number of primary amides is 1. The largest absolute Gasteiger partial charge is 0.457 e. The van der Waals surface area contributed by atoms with Crippen molar-refractivity contribution in [2.24, 2.45) is 17.6 Å². The lowest BCUT2D eigenvalue weighted by Gasteiger charge is -2.42. The Morgan fingerprint density at radius 2 is 1.70 bits per heavy atom. The number of halogens is 4. The molecule has 4 aliphatic heterocycles. The Morgan fingerprint density at radius 1 is 1.01 bits per heavy atom. The van der Waals surface area contributed by atoms with Gasteiger partial charge in [-0.25, -0.2) is 14.4 Å². The standard InChI is InChI=1S/C62H80ClF3N8O14S/c1-33(2)53(70-48(89)19-12-11-13-25-74-49(76)22-23-50(74)77)55(79)69-42(17-15-24-68-58(67)82)44(75)30-38-20-21-40(41(28-38)62(64,65)66)56(80)72(8)37(6)57(81)87-47-31-51(78)73(9)43-29-39(27-35(4)52(43)63)26-34(3)16-14-18-46(85-10)61(84)32-45(86-59(83)71-61)36(5)54-60(47,7)88-54/h14,16,18,20-23,27-29,33,36-37,42,45-47,53-54,84H,11-13,15,17,19,24-26,30-32H2,1-10H3,(H,69,79)(H,70,89)(H,71,83)(H3,67,68,82)/b18-14+,34-16+/t36-,37+,42+,45+,46-,47+,53+,54+,60+,61+/m1/s1. The molecule has 2 fully saturated rings. The van der Waals surface area contributed by atoms with Crippen LogP contribution in [-0.4, -0.2) is 161 Å². The van der Waals surface area contributed by atoms with Crippen LogP contribution in [0.5, 0.6) is 0 Å². The Balaban J connectivity index is 1.20. The number of fused-ring (bicyclic) bond motifs is 5. The third-order valence-electron chi connectivity index (χ3n) is 16.6. The number of thiocarbonyl (C=S) groups is 1. The fraction of sp³-hybridized carbons (Fsp3) is 0.548. The van der Waals surface area contributed by atoms with Crippen LogP contribution in [0.25, 0.3) is 0 Å². The summed E-state index contributed by atoms with van der Waals surface area (Å²) in [6.45, 7) is 11.8. The molecule has 22 nitrogen and oxygen atoms in total. The monoisotopic (exact) mass is 1280 g/mol. The molecular weight excluding hydrogens is 1210 g/mol. The number of epoxide rings is 1. The number of nitrogens with zero attached hydrogens (tertiary/aromatic N) is 3. The van der Waals surface area contributed by atoms with Crippen LogP contribution in [0, 0.1) is 18.8 Å². The van der Waals surface area contributed by atoms with Crippen LogP contribution in [0.1, 0.15) is 126 Å². The number of aliphatic hydroxyl groups is 1. The lowest BCUT2D eigenvalue weighted by molar-refractivity contribution is -0.158. The summed E-state index contributed by atoms with van der Waals surface area (Å²) in [5.41, 5.74) is 1.93. The number of likely N-dealkylation sites (N-methyl/N-ethyl adjacent to an activating group) is 1. The van der Waals surface area contributed by atoms with Crippen LogP contribution in [0.4, 0.5) is 28.4 Å². The number of carbonyl (C=O) groups excluding carboxylic acids is 9. The van der Waals surface area contributed by atoms with Crippen LogP contribution in [-0.2, 0) is 66.7 Å². The number of ketones is 1. The predicted molar refractivity (Wildman–Crippen MR) is 326 cm³/mol. The van der Waals surface area contributed by atoms with Gasteiger partial charge in [0.25, 0.3) is 17.7 Å². The highest BCUT2D eigenvalue weighted by atomic mass is 35.5. The lowest BCUT2D eigenvalue weighted by atomic mass is 9.83. The minimum atomic E-state index is -5.19. The zero-order chi connectivity index (χ0) is 66.0. The van der Waals surface area contributed by atoms with Crippen molar-refractivity contribution in [2.45, 2.75) is 173 Å². The molecule has 0 spiro atoms. The summed E-state index contributed by atoms with van der Waals surface area (Å²) in [5.74, 6) is -6.20. The van der Waals surface area contributed by atoms with Gasteiger partial charge in [-0.1, -0.05) is 86.9 Å². The summed E-state index contributed by atoms with van der Waals surface area (Å²) in [4.78, 5) is 123. The maximum absolute atomic E-state index is 15.1. The number of alkyl carbamates (subject to hydrolysis) is 1. The van der Waals surface area contributed by atoms with Crippen molar-refractivity contribution < 1.29 is 80.4 Å². The van der Waals surface area contributed by atoms with Gasteiger partial charge in [0.2, 0.25) is 11.8 Å². The minimum Gasteiger partial charge on any atom is -0.457 e. The molecule has 6 rings (SSSR count). The first-order valence-electron chi connectivity index (χ1n) is 29.4. The van der Waals surface area contributed by atoms with Crippen molar-refractivity contribution in [3.63, 3.8) is 0 Å². The average molecular weight is 1290 g/mol. The Bertz CT molecular complexity index is 3140. The number of hydrogen-bond acceptors (Lipinski definition) is 15. The van der Waals surface area contributed by atoms with E-state index in [1.54, 1.807) is 52.8 Å². The number of urea groups is 1. The second-order valence-corrected chi connectivity index (χ2v) is 24.6. The molecular formula is C62H80ClF3N8O14S. The zero-order valence-electron chi connectivity index (χ0n) is 51.5. The van der Waals surface area contributed by atoms with Gasteiger partial charge in [0.05, 0.1) is 45.4 Å². The van der Waals surface area contributed by atoms with Crippen LogP contribution in [0.15, 0.2) is 66.3 Å². The second kappa shape index (κ2) is 30.0. The maximum atomic E-state index is 15.1. The molecule has 4 heterocycles. The number of aryl methyl sites for hydroxylation is 1. The molecule has 0 aliphatic carbocycles. The number of amides is 8. The number of nitrogens with one attached hydrogen (secondary N) is 4. The zero-order valence-corrected chi connectivity index (χ0v) is 53.1. The number of hydrogen-bond donors (Lipinski definition) is 6. The van der Waals surface area contributed by atoms with Gasteiger partial charge in [0, 0.05) is 65.2 Å². The van der Waals surface area contributed by atoms with Gasteiger partial charge in [-0.15, -0.1) is 0 Å². The number of carbonyl (C=O) groups is 9. The molecule has 89 heavy (non-hydrogen) atoms. The molecule has 0 unspecified atom stereocenters. The highest BCUT2D eigenvalue weighted by Gasteiger charge is 2.64. The number of allylic oxidation sites excluding steroid dienone is 3. The van der Waals surface area contributed by atoms with Gasteiger partial charge in [-0.2, -0.15) is 13.2 Å². The maximum Gasteiger partial charge on any atom is 0.417 e. The quantitative estimate of drug-likeness (QED) is 0.0237. The van der Waals surface area contributed by atoms with Crippen molar-refractivity contribution in [2.75, 3.05) is 39.2 Å². The van der Waals surface area contributed by atoms with E-state index in [9.17, 15) is 48.3 Å². The molecule has 10 atom stereocenters. The highest BCUT2D eigenvalue weighted by Crippen LogP contribution is 2.49. The number of alkyl halides is 3. The summed E-state index contributed by atoms with van der Waals surface area (Å²) in [7, 11) is 3.95. The summed E-state index contributed by atoms with van der Waals surface area (Å²) >= 11 is 12.4. The summed E-state index contributed by atoms with van der Waals surface area (Å²) < 4.78 is 69.1. The molecule has 2 aromatic carbocycles. The number of benzene rings is 2. The van der Waals surface area contributed by atoms with Crippen molar-refractivity contribution in [3.05, 3.63) is 99.1 Å². The van der Waals surface area contributed by atoms with Crippen molar-refractivity contribution in [3.8, 4) is 0 Å². The number of rotatable bonds is 22. The van der Waals surface area contributed by atoms with Crippen molar-refractivity contribution in [1.82, 2.24) is 31.1 Å². The van der Waals surface area contributed by atoms with Crippen LogP contribution >= 0.6 is 23.8 Å². The van der Waals surface area contributed by atoms with E-state index in [1.165, 1.54) is 38.1 Å². The first-order chi connectivity index (χ1) is 41.7. The van der Waals surface area contributed by atoms with E-state index in [1.807, 2.05) is 19.1 Å². The van der Waals surface area contributed by atoms with Crippen LogP contribution in [0.2, 0.25) is 5.02 Å². The summed E-state index contributed by atoms with van der Waals surface area (Å²) in [6.07, 6.45) is -1.90. The molecule has 2 aromatic rings. The number of esters is 1. The lowest BCUT2D eigenvalue weighted by Crippen LogP contribution is -2.63. The molecule has 0 saturated carbocycles. The van der Waals surface area contributed by atoms with E-state index in [0.717, 1.165) is 40.1 Å². The number of Topliss-reactive ketones (excluding diaryl/α,β-unsaturated/α-hetero) is 1. The summed E-state index contributed by atoms with van der Waals surface area (Å²) in [5, 5.41) is 22.8. The van der Waals surface area contributed by atoms with E-state index in [0.29, 0.717) is 54.4 Å². The van der Waals surface area contributed by atoms with Crippen LogP contribution in [0.3, 0.4) is 0 Å². The Morgan fingerprint density at radius 3 is 2.34 bits per heavy atom. The molecule has 4 bridgehead atoms. The molecule has 8 amide bonds. The molecule has 7 N–H and O–H groups in total. The first-order valence-corrected chi connectivity index (χ1v) is 30.2. The number of nitrogens with two attached hydrogens (primary N) is 1. The predicted octanol–water partition coefficient (Wildman–Crippen LogP) is 6.62. The first kappa shape index (κ1) is 70.8. The third kappa shape index (κ3) is 18.0. The normalized spacial score (nSPS) is 24.9. The number of unbranched alkanes of at least 4 members (excludes halogenated alkanes) is 2. The van der Waals surface area contributed by atoms with E-state index in [2.05, 4.69) is 21.3 Å². The fourth-order valence-corrected chi connectivity index (χ4v) is 11.6. The molecule has 0 aromatic heterocycles. The summed E-state index contributed by atoms with van der Waals surface area (Å²) in [6, 6.07) is 1.58. The SMILES string of the molecule is CO[C@@H]1/C=C/C=C(\C)Cc2cc(C)c(Cl)c(c2)N(C)C(=O)C[C@H](OC(=O)[C@H](C)N(C)C(=O)c2ccc(CC(=O)[C@H](CCCNC(N)=O)NC(=O)[C@@H](NC(=S)CCCCCN3C(=O)C=CC3=O)C(C)C)cc2C(F)(F)F)[C@]2(C)O[C@H]2[C@H](C)[C@@H]2C[C@@]1(O)NC(=O)O2. The fourth-order valence-electron chi connectivity index (χ4n) is 11.1. The Labute approximate surface area is 525 Å². The van der Waals surface area contributed by atoms with E-state index in [-0.39, 0.29) is 60.7 Å². The topological polar surface area (TPSA) is 298 Å². The van der Waals surface area contributed by atoms with E-state index >= 15 is 13.2 Å². The van der Waals surface area contributed by atoms with Gasteiger partial charge in [0.1, 0.15) is 36.0 Å². The molecule has 486 valence electrons. The van der Waals surface area contributed by atoms with Gasteiger partial charge >= 0.3 is 24.3 Å². The van der Waals surface area contributed by atoms with Gasteiger partial charge in [0.15, 0.2) is 11.5 Å². The van der Waals surface area contributed by atoms with Crippen molar-refractivity contribution in [1.29, 1.82) is 0 Å². The number of anilines is 1. The Kier molecular flexibility index (Phi) is 23.9. The van der Waals surface area contributed by atoms with Gasteiger partial charge < -0.3 is 55.5 Å². The van der Waals surface area contributed by atoms with Gasteiger partial charge in [-0.3, -0.25) is 39.0 Å². The third-order valence-corrected chi connectivity index (χ3v) is 17.4. The number of methoxy groups -OCH3 is 1. The molecule has 4 aliphatic rings. The van der Waals surface area contributed by atoms with Crippen molar-refractivity contribution >= 4 is 87.9 Å². The van der Waals surface area contributed by atoms with Gasteiger partial charge in [-0.05, 0) is 107 Å². The minimum absolute atomic E-state index is 0.00150. The number of ether oxygens (including phenoxy) is 4. The number of imide groups is 1. The molecule has 2 saturated heterocycles. The highest BCUT2D eigenvalue weighted by molar-refractivity contribution is 7.80. The van der Waals surface area contributed by atoms with E-state index in [4.69, 9.17) is 48.5 Å². The van der Waals surface area contributed by atoms with E-state index < -0.39 is 132 Å². The molecule has 27 heteroatoms. The smallest absolute Gasteiger partial charge is 0.417 e. The van der Waals surface area contributed by atoms with Crippen LogP contribution < -0.4 is 31.9 Å². The second-order valence-electron chi connectivity index (χ2n) is 23.7. The average Bonchev–Trinajstić information content (AvgIpc) is 1.60.